The van der Waals surface area contributed by atoms with Crippen molar-refractivity contribution in [3.8, 4) is 0 Å². The van der Waals surface area contributed by atoms with Crippen LogP contribution < -0.4 is 0 Å². The van der Waals surface area contributed by atoms with Crippen LogP contribution in [0.3, 0.4) is 0 Å². The molecule has 1 aliphatic rings. The molecule has 7 nitrogen and oxygen atoms in total. The first-order valence-corrected chi connectivity index (χ1v) is 9.17. The molecule has 0 aromatic carbocycles. The van der Waals surface area contributed by atoms with Crippen LogP contribution in [0.1, 0.15) is 11.3 Å². The lowest BCUT2D eigenvalue weighted by atomic mass is 10.1. The van der Waals surface area contributed by atoms with Gasteiger partial charge in [0.15, 0.2) is 0 Å². The average Bonchev–Trinajstić information content (AvgIpc) is 3.06. The zero-order valence-corrected chi connectivity index (χ0v) is 15.7. The van der Waals surface area contributed by atoms with E-state index in [2.05, 4.69) is 16.8 Å². The van der Waals surface area contributed by atoms with Crippen LogP contribution in [-0.4, -0.2) is 77.3 Å². The molecule has 0 unspecified atom stereocenters. The zero-order valence-electron chi connectivity index (χ0n) is 15.7. The number of pyridine rings is 1. The van der Waals surface area contributed by atoms with Crippen molar-refractivity contribution in [1.82, 2.24) is 14.2 Å². The maximum absolute atomic E-state index is 9.59. The highest BCUT2D eigenvalue weighted by atomic mass is 16.5. The van der Waals surface area contributed by atoms with Crippen molar-refractivity contribution in [2.45, 2.75) is 6.61 Å². The number of aliphatic hydroxyl groups is 1. The maximum Gasteiger partial charge on any atom is 0.205 e. The first-order chi connectivity index (χ1) is 13.1. The second-order valence-corrected chi connectivity index (χ2v) is 6.78. The summed E-state index contributed by atoms with van der Waals surface area (Å²) in [4.78, 5) is 4.64. The van der Waals surface area contributed by atoms with E-state index in [1.54, 1.807) is 6.08 Å². The number of ether oxygens (including phenoxy) is 1. The number of allylic oxidation sites excluding steroid dienone is 1. The van der Waals surface area contributed by atoms with Crippen molar-refractivity contribution < 1.29 is 9.84 Å². The van der Waals surface area contributed by atoms with Crippen molar-refractivity contribution in [2.24, 2.45) is 0 Å². The summed E-state index contributed by atoms with van der Waals surface area (Å²) < 4.78 is 7.34. The molecule has 0 spiro atoms. The van der Waals surface area contributed by atoms with E-state index in [1.165, 1.54) is 6.08 Å². The normalized spacial score (nSPS) is 16.2. The Bertz CT molecular complexity index is 834. The van der Waals surface area contributed by atoms with Gasteiger partial charge in [-0.3, -0.25) is 15.7 Å². The minimum Gasteiger partial charge on any atom is -0.477 e. The highest BCUT2D eigenvalue weighted by molar-refractivity contribution is 6.09. The Labute approximate surface area is 159 Å². The average molecular weight is 369 g/mol. The molecule has 3 N–H and O–H groups in total. The Morgan fingerprint density at radius 2 is 1.96 bits per heavy atom. The van der Waals surface area contributed by atoms with E-state index in [1.807, 2.05) is 34.9 Å². The van der Waals surface area contributed by atoms with E-state index in [4.69, 9.17) is 15.6 Å². The van der Waals surface area contributed by atoms with Gasteiger partial charge in [0.2, 0.25) is 5.90 Å². The highest BCUT2D eigenvalue weighted by Crippen LogP contribution is 2.18. The van der Waals surface area contributed by atoms with E-state index in [-0.39, 0.29) is 18.2 Å². The van der Waals surface area contributed by atoms with Crippen LogP contribution in [0.4, 0.5) is 0 Å². The summed E-state index contributed by atoms with van der Waals surface area (Å²) in [6.07, 6.45) is 4.91. The first kappa shape index (κ1) is 19.3. The van der Waals surface area contributed by atoms with Crippen LogP contribution in [0.15, 0.2) is 42.6 Å². The summed E-state index contributed by atoms with van der Waals surface area (Å²) in [5.74, 6) is 0.0419. The molecule has 1 saturated heterocycles. The number of hydrogen-bond acceptors (Lipinski definition) is 6. The van der Waals surface area contributed by atoms with Gasteiger partial charge in [-0.2, -0.15) is 0 Å². The van der Waals surface area contributed by atoms with Gasteiger partial charge in [-0.15, -0.1) is 0 Å². The molecule has 3 heterocycles. The first-order valence-electron chi connectivity index (χ1n) is 9.17. The van der Waals surface area contributed by atoms with E-state index in [0.717, 1.165) is 38.2 Å². The van der Waals surface area contributed by atoms with Gasteiger partial charge in [0.25, 0.3) is 0 Å². The van der Waals surface area contributed by atoms with Gasteiger partial charge in [-0.1, -0.05) is 6.07 Å². The fourth-order valence-corrected chi connectivity index (χ4v) is 3.24. The molecule has 1 fully saturated rings. The van der Waals surface area contributed by atoms with Gasteiger partial charge < -0.3 is 19.1 Å². The predicted octanol–water partition coefficient (Wildman–Crippen LogP) is 1.60. The van der Waals surface area contributed by atoms with Crippen molar-refractivity contribution in [2.75, 3.05) is 46.4 Å². The molecule has 2 aromatic heterocycles. The SMILES string of the molecule is CN1CCN(CCOC(=N)/C=C\C(=N)c2c(CO)cc3ccccn23)CC1. The van der Waals surface area contributed by atoms with E-state index < -0.39 is 0 Å². The molecule has 7 heteroatoms. The van der Waals surface area contributed by atoms with Gasteiger partial charge in [0, 0.05) is 56.1 Å². The molecule has 1 aliphatic heterocycles. The summed E-state index contributed by atoms with van der Waals surface area (Å²) in [5, 5.41) is 25.9. The third-order valence-corrected chi connectivity index (χ3v) is 4.85. The van der Waals surface area contributed by atoms with E-state index >= 15 is 0 Å². The lowest BCUT2D eigenvalue weighted by Gasteiger charge is -2.32. The quantitative estimate of drug-likeness (QED) is 0.511. The largest absolute Gasteiger partial charge is 0.477 e. The van der Waals surface area contributed by atoms with Crippen LogP contribution in [0.25, 0.3) is 5.52 Å². The fraction of sp³-hybridized carbons (Fsp3) is 0.400. The second-order valence-electron chi connectivity index (χ2n) is 6.78. The van der Waals surface area contributed by atoms with E-state index in [9.17, 15) is 5.11 Å². The number of nitrogens with one attached hydrogen (secondary N) is 2. The lowest BCUT2D eigenvalue weighted by molar-refractivity contribution is 0.131. The van der Waals surface area contributed by atoms with Crippen LogP contribution >= 0.6 is 0 Å². The van der Waals surface area contributed by atoms with Gasteiger partial charge >= 0.3 is 0 Å². The number of hydrogen-bond donors (Lipinski definition) is 3. The topological polar surface area (TPSA) is 88.0 Å². The number of nitrogens with zero attached hydrogens (tertiary/aromatic N) is 3. The summed E-state index contributed by atoms with van der Waals surface area (Å²) in [7, 11) is 2.12. The van der Waals surface area contributed by atoms with Crippen LogP contribution in [0.2, 0.25) is 0 Å². The predicted molar refractivity (Wildman–Crippen MR) is 107 cm³/mol. The fourth-order valence-electron chi connectivity index (χ4n) is 3.24. The number of likely N-dealkylation sites (N-methyl/N-ethyl adjacent to an activating group) is 1. The highest BCUT2D eigenvalue weighted by Gasteiger charge is 2.14. The number of piperazine rings is 1. The molecule has 3 rings (SSSR count). The van der Waals surface area contributed by atoms with Gasteiger partial charge in [-0.05, 0) is 31.3 Å². The molecule has 0 amide bonds. The monoisotopic (exact) mass is 369 g/mol. The Balaban J connectivity index is 1.54. The summed E-state index contributed by atoms with van der Waals surface area (Å²) in [6, 6.07) is 7.61. The molecule has 0 radical (unpaired) electrons. The number of rotatable bonds is 7. The molecule has 0 atom stereocenters. The maximum atomic E-state index is 9.59. The molecule has 0 aliphatic carbocycles. The van der Waals surface area contributed by atoms with Crippen LogP contribution in [0.5, 0.6) is 0 Å². The van der Waals surface area contributed by atoms with Crippen molar-refractivity contribution in [3.05, 3.63) is 53.9 Å². The molecular weight excluding hydrogens is 342 g/mol. The van der Waals surface area contributed by atoms with Crippen molar-refractivity contribution in [3.63, 3.8) is 0 Å². The Kier molecular flexibility index (Phi) is 6.39. The third-order valence-electron chi connectivity index (χ3n) is 4.85. The molecule has 2 aromatic rings. The summed E-state index contributed by atoms with van der Waals surface area (Å²) in [5.41, 5.74) is 2.49. The molecule has 27 heavy (non-hydrogen) atoms. The smallest absolute Gasteiger partial charge is 0.205 e. The molecule has 0 bridgehead atoms. The van der Waals surface area contributed by atoms with Crippen molar-refractivity contribution in [1.29, 1.82) is 10.8 Å². The van der Waals surface area contributed by atoms with Gasteiger partial charge in [-0.25, -0.2) is 0 Å². The Morgan fingerprint density at radius 1 is 1.19 bits per heavy atom. The zero-order chi connectivity index (χ0) is 19.2. The Hall–Kier alpha value is -2.48. The summed E-state index contributed by atoms with van der Waals surface area (Å²) >= 11 is 0. The lowest BCUT2D eigenvalue weighted by Crippen LogP contribution is -2.45. The minimum absolute atomic E-state index is 0.0419. The number of aliphatic hydroxyl groups excluding tert-OH is 1. The summed E-state index contributed by atoms with van der Waals surface area (Å²) in [6.45, 7) is 5.32. The van der Waals surface area contributed by atoms with Crippen molar-refractivity contribution >= 4 is 17.1 Å². The number of fused-ring (bicyclic) bond motifs is 1. The molecule has 0 saturated carbocycles. The van der Waals surface area contributed by atoms with Crippen LogP contribution in [0, 0.1) is 10.8 Å². The Morgan fingerprint density at radius 3 is 2.70 bits per heavy atom. The second kappa shape index (κ2) is 8.94. The van der Waals surface area contributed by atoms with Gasteiger partial charge in [0.1, 0.15) is 6.61 Å². The number of aromatic nitrogens is 1. The molecular formula is C20H27N5O2. The van der Waals surface area contributed by atoms with Gasteiger partial charge in [0.05, 0.1) is 18.0 Å². The van der Waals surface area contributed by atoms with E-state index in [0.29, 0.717) is 17.9 Å². The minimum atomic E-state index is -0.133. The standard InChI is InChI=1S/C20H27N5O2/c1-23-8-10-24(11-9-23)12-13-27-19(22)6-5-18(21)20-16(15-26)14-17-4-2-3-7-25(17)20/h2-7,14,21-22,26H,8-13,15H2,1H3/b6-5-,21-18?,22-19?. The van der Waals surface area contributed by atoms with Crippen LogP contribution in [-0.2, 0) is 11.3 Å². The third kappa shape index (κ3) is 4.82. The molecule has 144 valence electrons.